The first kappa shape index (κ1) is 28.4. The molecule has 0 aliphatic heterocycles. The molecule has 0 bridgehead atoms. The zero-order chi connectivity index (χ0) is 25.6. The molecule has 2 aromatic rings. The summed E-state index contributed by atoms with van der Waals surface area (Å²) in [5.41, 5.74) is 3.60. The first-order valence-corrected chi connectivity index (χ1v) is 14.6. The molecule has 1 fully saturated rings. The van der Waals surface area contributed by atoms with Crippen molar-refractivity contribution < 1.29 is 13.9 Å². The normalized spacial score (nSPS) is 18.6. The summed E-state index contributed by atoms with van der Waals surface area (Å²) in [6.07, 6.45) is 16.9. The molecule has 0 amide bonds. The van der Waals surface area contributed by atoms with E-state index in [1.165, 1.54) is 76.2 Å². The Morgan fingerprint density at radius 2 is 1.31 bits per heavy atom. The van der Waals surface area contributed by atoms with Crippen LogP contribution in [-0.4, -0.2) is 12.1 Å². The summed E-state index contributed by atoms with van der Waals surface area (Å²) >= 11 is 0. The lowest BCUT2D eigenvalue weighted by Gasteiger charge is -2.28. The van der Waals surface area contributed by atoms with E-state index in [-0.39, 0.29) is 6.42 Å². The van der Waals surface area contributed by atoms with Crippen molar-refractivity contribution in [2.45, 2.75) is 116 Å². The van der Waals surface area contributed by atoms with E-state index >= 15 is 0 Å². The van der Waals surface area contributed by atoms with Gasteiger partial charge in [0, 0.05) is 0 Å². The second-order valence-electron chi connectivity index (χ2n) is 10.9. The van der Waals surface area contributed by atoms with E-state index < -0.39 is 12.1 Å². The Kier molecular flexibility index (Phi) is 12.5. The number of hydrogen-bond acceptors (Lipinski definition) is 2. The predicted octanol–water partition coefficient (Wildman–Crippen LogP) is 9.89. The van der Waals surface area contributed by atoms with E-state index in [4.69, 9.17) is 4.74 Å². The number of carbonyl (C=O) groups excluding carboxylic acids is 1. The van der Waals surface area contributed by atoms with Crippen LogP contribution in [0.2, 0.25) is 0 Å². The Labute approximate surface area is 219 Å². The number of benzene rings is 2. The number of alkyl halides is 1. The van der Waals surface area contributed by atoms with Crippen molar-refractivity contribution in [3.05, 3.63) is 54.1 Å². The minimum absolute atomic E-state index is 0.222. The minimum atomic E-state index is -1.55. The molecule has 0 heterocycles. The summed E-state index contributed by atoms with van der Waals surface area (Å²) in [4.78, 5) is 11.9. The molecule has 2 nitrogen and oxygen atoms in total. The summed E-state index contributed by atoms with van der Waals surface area (Å²) in [5, 5.41) is 0. The average molecular weight is 495 g/mol. The Bertz CT molecular complexity index is 866. The number of ether oxygens (including phenoxy) is 1. The van der Waals surface area contributed by atoms with Crippen molar-refractivity contribution in [3.8, 4) is 16.9 Å². The van der Waals surface area contributed by atoms with Crippen molar-refractivity contribution in [3.63, 3.8) is 0 Å². The van der Waals surface area contributed by atoms with Crippen LogP contribution in [0.3, 0.4) is 0 Å². The molecule has 36 heavy (non-hydrogen) atoms. The zero-order valence-corrected chi connectivity index (χ0v) is 22.7. The molecule has 2 aromatic carbocycles. The van der Waals surface area contributed by atoms with E-state index in [2.05, 4.69) is 31.2 Å². The van der Waals surface area contributed by atoms with Gasteiger partial charge in [-0.25, -0.2) is 9.18 Å². The van der Waals surface area contributed by atoms with E-state index in [0.29, 0.717) is 12.2 Å². The van der Waals surface area contributed by atoms with Gasteiger partial charge in [0.2, 0.25) is 0 Å². The maximum Gasteiger partial charge on any atom is 0.346 e. The molecule has 1 aliphatic carbocycles. The van der Waals surface area contributed by atoms with Crippen LogP contribution in [0.5, 0.6) is 5.75 Å². The van der Waals surface area contributed by atoms with E-state index in [9.17, 15) is 9.18 Å². The van der Waals surface area contributed by atoms with Gasteiger partial charge in [0.05, 0.1) is 0 Å². The number of aryl methyl sites for hydroxylation is 1. The molecule has 3 rings (SSSR count). The van der Waals surface area contributed by atoms with Gasteiger partial charge in [0.25, 0.3) is 0 Å². The van der Waals surface area contributed by atoms with Gasteiger partial charge in [0.15, 0.2) is 6.17 Å². The maximum atomic E-state index is 13.8. The minimum Gasteiger partial charge on any atom is -0.424 e. The SMILES string of the molecule is CCCCC[C@H]1CC[C@H](CCCCc2ccc(-c3ccc(OC(=O)[C@H](F)CCCC)cc3)cc2)CC1. The molecule has 198 valence electrons. The Morgan fingerprint density at radius 1 is 0.778 bits per heavy atom. The number of rotatable bonds is 15. The molecular formula is C33H47FO2. The van der Waals surface area contributed by atoms with Crippen LogP contribution in [0.4, 0.5) is 4.39 Å². The second-order valence-corrected chi connectivity index (χ2v) is 10.9. The maximum absolute atomic E-state index is 13.8. The summed E-state index contributed by atoms with van der Waals surface area (Å²) in [6, 6.07) is 16.1. The van der Waals surface area contributed by atoms with Crippen LogP contribution in [0.25, 0.3) is 11.1 Å². The van der Waals surface area contributed by atoms with Crippen molar-refractivity contribution in [2.75, 3.05) is 0 Å². The highest BCUT2D eigenvalue weighted by molar-refractivity contribution is 5.77. The van der Waals surface area contributed by atoms with Gasteiger partial charge >= 0.3 is 5.97 Å². The smallest absolute Gasteiger partial charge is 0.346 e. The number of unbranched alkanes of at least 4 members (excludes halogenated alkanes) is 4. The Balaban J connectivity index is 1.35. The summed E-state index contributed by atoms with van der Waals surface area (Å²) in [7, 11) is 0. The van der Waals surface area contributed by atoms with Crippen LogP contribution in [0, 0.1) is 11.8 Å². The molecular weight excluding hydrogens is 447 g/mol. The fraction of sp³-hybridized carbons (Fsp3) is 0.606. The van der Waals surface area contributed by atoms with E-state index in [0.717, 1.165) is 35.8 Å². The quantitative estimate of drug-likeness (QED) is 0.140. The van der Waals surface area contributed by atoms with Gasteiger partial charge in [-0.15, -0.1) is 0 Å². The summed E-state index contributed by atoms with van der Waals surface area (Å²) < 4.78 is 19.0. The molecule has 0 spiro atoms. The van der Waals surface area contributed by atoms with E-state index in [1.54, 1.807) is 12.1 Å². The van der Waals surface area contributed by atoms with Crippen LogP contribution < -0.4 is 4.74 Å². The third kappa shape index (κ3) is 9.71. The number of carbonyl (C=O) groups is 1. The Hall–Kier alpha value is -2.16. The third-order valence-corrected chi connectivity index (χ3v) is 7.94. The predicted molar refractivity (Wildman–Crippen MR) is 149 cm³/mol. The van der Waals surface area contributed by atoms with Crippen molar-refractivity contribution in [1.29, 1.82) is 0 Å². The van der Waals surface area contributed by atoms with Gasteiger partial charge in [-0.1, -0.05) is 127 Å². The van der Waals surface area contributed by atoms with Gasteiger partial charge < -0.3 is 4.74 Å². The van der Waals surface area contributed by atoms with Gasteiger partial charge in [-0.2, -0.15) is 0 Å². The van der Waals surface area contributed by atoms with Crippen LogP contribution in [-0.2, 0) is 11.2 Å². The number of esters is 1. The fourth-order valence-corrected chi connectivity index (χ4v) is 5.51. The molecule has 0 N–H and O–H groups in total. The van der Waals surface area contributed by atoms with Crippen LogP contribution >= 0.6 is 0 Å². The lowest BCUT2D eigenvalue weighted by Crippen LogP contribution is -2.21. The summed E-state index contributed by atoms with van der Waals surface area (Å²) in [6.45, 7) is 4.27. The first-order chi connectivity index (χ1) is 17.6. The highest BCUT2D eigenvalue weighted by Crippen LogP contribution is 2.34. The van der Waals surface area contributed by atoms with Crippen molar-refractivity contribution in [1.82, 2.24) is 0 Å². The molecule has 3 heteroatoms. The fourth-order valence-electron chi connectivity index (χ4n) is 5.51. The van der Waals surface area contributed by atoms with E-state index in [1.807, 2.05) is 19.1 Å². The molecule has 1 saturated carbocycles. The topological polar surface area (TPSA) is 26.3 Å². The Morgan fingerprint density at radius 3 is 1.86 bits per heavy atom. The van der Waals surface area contributed by atoms with Crippen molar-refractivity contribution >= 4 is 5.97 Å². The highest BCUT2D eigenvalue weighted by Gasteiger charge is 2.20. The monoisotopic (exact) mass is 494 g/mol. The molecule has 0 radical (unpaired) electrons. The van der Waals surface area contributed by atoms with Gasteiger partial charge in [-0.05, 0) is 59.9 Å². The zero-order valence-electron chi connectivity index (χ0n) is 22.7. The first-order valence-electron chi connectivity index (χ1n) is 14.6. The van der Waals surface area contributed by atoms with Crippen molar-refractivity contribution in [2.24, 2.45) is 11.8 Å². The number of halogens is 1. The molecule has 1 atom stereocenters. The van der Waals surface area contributed by atoms with Crippen LogP contribution in [0.1, 0.15) is 109 Å². The second kappa shape index (κ2) is 15.8. The molecule has 1 aliphatic rings. The van der Waals surface area contributed by atoms with Gasteiger partial charge in [-0.3, -0.25) is 0 Å². The number of hydrogen-bond donors (Lipinski definition) is 0. The standard InChI is InChI=1S/C33H47FO2/c1-3-5-7-10-26-14-16-27(17-15-26)11-8-9-12-28-18-20-29(21-19-28)30-22-24-31(25-23-30)36-33(35)32(34)13-6-4-2/h18-27,32H,3-17H2,1-2H3/t26-,27-,32-/m1/s1. The highest BCUT2D eigenvalue weighted by atomic mass is 19.1. The lowest BCUT2D eigenvalue weighted by atomic mass is 9.78. The summed E-state index contributed by atoms with van der Waals surface area (Å²) in [5.74, 6) is 1.57. The van der Waals surface area contributed by atoms with Gasteiger partial charge in [0.1, 0.15) is 5.75 Å². The molecule has 0 unspecified atom stereocenters. The third-order valence-electron chi connectivity index (χ3n) is 7.94. The van der Waals surface area contributed by atoms with Crippen LogP contribution in [0.15, 0.2) is 48.5 Å². The largest absolute Gasteiger partial charge is 0.424 e. The molecule has 0 saturated heterocycles. The molecule has 0 aromatic heterocycles. The lowest BCUT2D eigenvalue weighted by molar-refractivity contribution is -0.140. The average Bonchev–Trinajstić information content (AvgIpc) is 2.91.